The minimum absolute atomic E-state index is 0.115. The number of rotatable bonds is 3. The molecule has 0 fully saturated rings. The van der Waals surface area contributed by atoms with Gasteiger partial charge in [-0.3, -0.25) is 0 Å². The second-order valence-corrected chi connectivity index (χ2v) is 5.79. The van der Waals surface area contributed by atoms with Crippen LogP contribution < -0.4 is 11.1 Å². The van der Waals surface area contributed by atoms with E-state index in [9.17, 15) is 0 Å². The molecule has 0 amide bonds. The average molecular weight is 411 g/mol. The van der Waals surface area contributed by atoms with Crippen molar-refractivity contribution in [1.82, 2.24) is 24.7 Å². The summed E-state index contributed by atoms with van der Waals surface area (Å²) in [6, 6.07) is 7.51. The molecule has 2 heterocycles. The van der Waals surface area contributed by atoms with E-state index in [1.807, 2.05) is 18.2 Å². The van der Waals surface area contributed by atoms with Crippen LogP contribution in [0.25, 0.3) is 5.95 Å². The van der Waals surface area contributed by atoms with E-state index >= 15 is 0 Å². The average Bonchev–Trinajstić information content (AvgIpc) is 2.96. The molecule has 2 aromatic heterocycles. The minimum atomic E-state index is 0.115. The molecule has 0 saturated heterocycles. The molecule has 0 bridgehead atoms. The highest BCUT2D eigenvalue weighted by Gasteiger charge is 2.08. The summed E-state index contributed by atoms with van der Waals surface area (Å²) in [6.07, 6.45) is 3.37. The topological polar surface area (TPSA) is 94.5 Å². The normalized spacial score (nSPS) is 10.6. The third-order valence-electron chi connectivity index (χ3n) is 2.53. The Labute approximate surface area is 136 Å². The van der Waals surface area contributed by atoms with Crippen molar-refractivity contribution in [2.24, 2.45) is 0 Å². The fraction of sp³-hybridized carbons (Fsp3) is 0. The van der Waals surface area contributed by atoms with Gasteiger partial charge in [0.1, 0.15) is 0 Å². The molecule has 0 radical (unpaired) electrons. The SMILES string of the molecule is Nc1nc(Nc2cc(Br)ccc2Br)nc(-n2cccn2)n1. The largest absolute Gasteiger partial charge is 0.368 e. The second kappa shape index (κ2) is 5.78. The van der Waals surface area contributed by atoms with Crippen LogP contribution in [0.5, 0.6) is 0 Å². The van der Waals surface area contributed by atoms with Gasteiger partial charge in [0, 0.05) is 21.3 Å². The van der Waals surface area contributed by atoms with E-state index in [1.165, 1.54) is 4.68 Å². The Hall–Kier alpha value is -2.00. The Morgan fingerprint density at radius 3 is 2.76 bits per heavy atom. The number of nitrogens with zero attached hydrogens (tertiary/aromatic N) is 5. The first-order chi connectivity index (χ1) is 10.1. The van der Waals surface area contributed by atoms with E-state index in [1.54, 1.807) is 18.5 Å². The van der Waals surface area contributed by atoms with Crippen LogP contribution in [0.3, 0.4) is 0 Å². The maximum atomic E-state index is 5.72. The van der Waals surface area contributed by atoms with Gasteiger partial charge in [-0.2, -0.15) is 20.1 Å². The van der Waals surface area contributed by atoms with Gasteiger partial charge in [0.15, 0.2) is 0 Å². The van der Waals surface area contributed by atoms with Crippen LogP contribution in [-0.2, 0) is 0 Å². The Morgan fingerprint density at radius 2 is 2.00 bits per heavy atom. The lowest BCUT2D eigenvalue weighted by Gasteiger charge is -2.09. The van der Waals surface area contributed by atoms with Gasteiger partial charge < -0.3 is 11.1 Å². The number of anilines is 3. The highest BCUT2D eigenvalue weighted by Crippen LogP contribution is 2.28. The molecule has 21 heavy (non-hydrogen) atoms. The number of halogens is 2. The fourth-order valence-corrected chi connectivity index (χ4v) is 2.35. The van der Waals surface area contributed by atoms with E-state index in [0.29, 0.717) is 11.9 Å². The molecule has 0 spiro atoms. The van der Waals surface area contributed by atoms with Gasteiger partial charge in [-0.05, 0) is 40.2 Å². The molecule has 0 aliphatic carbocycles. The molecular formula is C12H9Br2N7. The van der Waals surface area contributed by atoms with Crippen molar-refractivity contribution in [3.63, 3.8) is 0 Å². The van der Waals surface area contributed by atoms with E-state index in [-0.39, 0.29) is 5.95 Å². The molecule has 0 saturated carbocycles. The zero-order chi connectivity index (χ0) is 14.8. The molecule has 106 valence electrons. The van der Waals surface area contributed by atoms with E-state index < -0.39 is 0 Å². The summed E-state index contributed by atoms with van der Waals surface area (Å²) in [5, 5.41) is 7.17. The summed E-state index contributed by atoms with van der Waals surface area (Å²) in [4.78, 5) is 12.4. The second-order valence-electron chi connectivity index (χ2n) is 4.02. The van der Waals surface area contributed by atoms with Crippen molar-refractivity contribution in [2.75, 3.05) is 11.1 Å². The third-order valence-corrected chi connectivity index (χ3v) is 3.71. The molecule has 0 aliphatic rings. The molecule has 9 heteroatoms. The standard InChI is InChI=1S/C12H9Br2N7/c13-7-2-3-8(14)9(6-7)17-11-18-10(15)19-12(20-11)21-5-1-4-16-21/h1-6H,(H3,15,17,18,19,20). The Morgan fingerprint density at radius 1 is 1.14 bits per heavy atom. The molecule has 3 N–H and O–H groups in total. The molecule has 3 rings (SSSR count). The van der Waals surface area contributed by atoms with Gasteiger partial charge in [-0.1, -0.05) is 15.9 Å². The molecule has 0 unspecified atom stereocenters. The summed E-state index contributed by atoms with van der Waals surface area (Å²) in [7, 11) is 0. The lowest BCUT2D eigenvalue weighted by atomic mass is 10.3. The number of nitrogens with one attached hydrogen (secondary N) is 1. The summed E-state index contributed by atoms with van der Waals surface area (Å²) < 4.78 is 3.33. The van der Waals surface area contributed by atoms with Crippen molar-refractivity contribution in [1.29, 1.82) is 0 Å². The Balaban J connectivity index is 1.97. The van der Waals surface area contributed by atoms with Crippen molar-refractivity contribution in [3.8, 4) is 5.95 Å². The third kappa shape index (κ3) is 3.19. The van der Waals surface area contributed by atoms with Crippen molar-refractivity contribution < 1.29 is 0 Å². The van der Waals surface area contributed by atoms with Crippen LogP contribution in [0.1, 0.15) is 0 Å². The summed E-state index contributed by atoms with van der Waals surface area (Å²) in [5.41, 5.74) is 6.53. The first-order valence-corrected chi connectivity index (χ1v) is 7.44. The van der Waals surface area contributed by atoms with Gasteiger partial charge in [0.05, 0.1) is 5.69 Å². The molecule has 0 aliphatic heterocycles. The Bertz CT molecular complexity index is 773. The van der Waals surface area contributed by atoms with Crippen molar-refractivity contribution in [2.45, 2.75) is 0 Å². The first-order valence-electron chi connectivity index (χ1n) is 5.85. The van der Waals surface area contributed by atoms with Gasteiger partial charge in [0.2, 0.25) is 11.9 Å². The zero-order valence-corrected chi connectivity index (χ0v) is 13.7. The first kappa shape index (κ1) is 14.0. The number of aromatic nitrogens is 5. The van der Waals surface area contributed by atoms with Crippen LogP contribution in [0, 0.1) is 0 Å². The van der Waals surface area contributed by atoms with E-state index in [2.05, 4.69) is 57.2 Å². The summed E-state index contributed by atoms with van der Waals surface area (Å²) in [6.45, 7) is 0. The highest BCUT2D eigenvalue weighted by atomic mass is 79.9. The lowest BCUT2D eigenvalue weighted by molar-refractivity contribution is 0.801. The number of hydrogen-bond acceptors (Lipinski definition) is 6. The smallest absolute Gasteiger partial charge is 0.257 e. The lowest BCUT2D eigenvalue weighted by Crippen LogP contribution is -2.09. The van der Waals surface area contributed by atoms with Crippen LogP contribution in [0.4, 0.5) is 17.6 Å². The van der Waals surface area contributed by atoms with E-state index in [4.69, 9.17) is 5.73 Å². The van der Waals surface area contributed by atoms with Crippen LogP contribution in [-0.4, -0.2) is 24.7 Å². The maximum absolute atomic E-state index is 5.72. The predicted molar refractivity (Wildman–Crippen MR) is 86.5 cm³/mol. The molecule has 1 aromatic carbocycles. The summed E-state index contributed by atoms with van der Waals surface area (Å²) >= 11 is 6.88. The van der Waals surface area contributed by atoms with Crippen LogP contribution >= 0.6 is 31.9 Å². The number of benzene rings is 1. The number of nitrogen functional groups attached to an aromatic ring is 1. The highest BCUT2D eigenvalue weighted by molar-refractivity contribution is 9.11. The molecule has 0 atom stereocenters. The minimum Gasteiger partial charge on any atom is -0.368 e. The maximum Gasteiger partial charge on any atom is 0.257 e. The van der Waals surface area contributed by atoms with Gasteiger partial charge in [-0.25, -0.2) is 4.68 Å². The zero-order valence-electron chi connectivity index (χ0n) is 10.5. The predicted octanol–water partition coefficient (Wildman–Crippen LogP) is 2.91. The summed E-state index contributed by atoms with van der Waals surface area (Å²) in [5.74, 6) is 0.803. The Kier molecular flexibility index (Phi) is 3.84. The quantitative estimate of drug-likeness (QED) is 0.689. The van der Waals surface area contributed by atoms with Crippen molar-refractivity contribution >= 4 is 49.4 Å². The van der Waals surface area contributed by atoms with Gasteiger partial charge >= 0.3 is 0 Å². The number of nitrogens with two attached hydrogens (primary N) is 1. The van der Waals surface area contributed by atoms with Crippen LogP contribution in [0.2, 0.25) is 0 Å². The fourth-order valence-electron chi connectivity index (χ4n) is 1.64. The molecule has 7 nitrogen and oxygen atoms in total. The molecule has 3 aromatic rings. The number of hydrogen-bond donors (Lipinski definition) is 2. The molecular weight excluding hydrogens is 402 g/mol. The van der Waals surface area contributed by atoms with Gasteiger partial charge in [-0.15, -0.1) is 0 Å². The van der Waals surface area contributed by atoms with E-state index in [0.717, 1.165) is 14.6 Å². The van der Waals surface area contributed by atoms with Gasteiger partial charge in [0.25, 0.3) is 5.95 Å². The van der Waals surface area contributed by atoms with Crippen molar-refractivity contribution in [3.05, 3.63) is 45.6 Å². The van der Waals surface area contributed by atoms with Crippen LogP contribution in [0.15, 0.2) is 45.6 Å². The monoisotopic (exact) mass is 409 g/mol.